The molecule has 1 atom stereocenters. The lowest BCUT2D eigenvalue weighted by Crippen LogP contribution is -2.46. The first-order chi connectivity index (χ1) is 9.90. The van der Waals surface area contributed by atoms with E-state index in [0.717, 1.165) is 12.0 Å². The van der Waals surface area contributed by atoms with Gasteiger partial charge in [0.25, 0.3) is 5.91 Å². The van der Waals surface area contributed by atoms with Crippen molar-refractivity contribution in [1.29, 1.82) is 0 Å². The van der Waals surface area contributed by atoms with Crippen LogP contribution in [0.2, 0.25) is 0 Å². The summed E-state index contributed by atoms with van der Waals surface area (Å²) in [5.74, 6) is -0.238. The SMILES string of the molecule is CCC(C)(CCO)NC(=O)c1ccc(CNC(C)=O)cc1. The topological polar surface area (TPSA) is 78.4 Å². The van der Waals surface area contributed by atoms with E-state index in [-0.39, 0.29) is 18.4 Å². The number of aliphatic hydroxyl groups is 1. The highest BCUT2D eigenvalue weighted by atomic mass is 16.3. The van der Waals surface area contributed by atoms with E-state index >= 15 is 0 Å². The number of hydrogen-bond donors (Lipinski definition) is 3. The molecule has 0 heterocycles. The Kier molecular flexibility index (Phi) is 6.37. The second-order valence-corrected chi connectivity index (χ2v) is 5.45. The van der Waals surface area contributed by atoms with Crippen molar-refractivity contribution in [3.63, 3.8) is 0 Å². The van der Waals surface area contributed by atoms with Crippen LogP contribution in [-0.2, 0) is 11.3 Å². The average Bonchev–Trinajstić information content (AvgIpc) is 2.45. The van der Waals surface area contributed by atoms with Crippen molar-refractivity contribution in [3.8, 4) is 0 Å². The van der Waals surface area contributed by atoms with Crippen LogP contribution in [0.4, 0.5) is 0 Å². The van der Waals surface area contributed by atoms with Crippen LogP contribution >= 0.6 is 0 Å². The number of nitrogens with one attached hydrogen (secondary N) is 2. The lowest BCUT2D eigenvalue weighted by molar-refractivity contribution is -0.119. The summed E-state index contributed by atoms with van der Waals surface area (Å²) in [6.45, 7) is 5.86. The zero-order valence-electron chi connectivity index (χ0n) is 12.9. The number of rotatable bonds is 7. The fourth-order valence-corrected chi connectivity index (χ4v) is 1.92. The first-order valence-corrected chi connectivity index (χ1v) is 7.17. The smallest absolute Gasteiger partial charge is 0.251 e. The van der Waals surface area contributed by atoms with E-state index in [2.05, 4.69) is 10.6 Å². The van der Waals surface area contributed by atoms with Crippen LogP contribution in [0.3, 0.4) is 0 Å². The summed E-state index contributed by atoms with van der Waals surface area (Å²) in [4.78, 5) is 23.1. The number of amides is 2. The predicted molar refractivity (Wildman–Crippen MR) is 81.8 cm³/mol. The van der Waals surface area contributed by atoms with E-state index in [1.807, 2.05) is 26.0 Å². The van der Waals surface area contributed by atoms with Crippen molar-refractivity contribution in [2.75, 3.05) is 6.61 Å². The number of hydrogen-bond acceptors (Lipinski definition) is 3. The molecule has 0 spiro atoms. The van der Waals surface area contributed by atoms with Crippen LogP contribution in [0.15, 0.2) is 24.3 Å². The van der Waals surface area contributed by atoms with Gasteiger partial charge in [0.15, 0.2) is 0 Å². The quantitative estimate of drug-likeness (QED) is 0.714. The number of benzene rings is 1. The van der Waals surface area contributed by atoms with Crippen LogP contribution in [0, 0.1) is 0 Å². The monoisotopic (exact) mass is 292 g/mol. The van der Waals surface area contributed by atoms with E-state index in [1.54, 1.807) is 12.1 Å². The Balaban J connectivity index is 2.68. The highest BCUT2D eigenvalue weighted by Crippen LogP contribution is 2.15. The normalized spacial score (nSPS) is 13.3. The van der Waals surface area contributed by atoms with Crippen molar-refractivity contribution in [2.45, 2.75) is 45.7 Å². The molecule has 0 aromatic heterocycles. The lowest BCUT2D eigenvalue weighted by atomic mass is 9.94. The number of carbonyl (C=O) groups excluding carboxylic acids is 2. The van der Waals surface area contributed by atoms with Gasteiger partial charge in [-0.2, -0.15) is 0 Å². The highest BCUT2D eigenvalue weighted by molar-refractivity contribution is 5.94. The summed E-state index contributed by atoms with van der Waals surface area (Å²) < 4.78 is 0. The molecular formula is C16H24N2O3. The van der Waals surface area contributed by atoms with Gasteiger partial charge in [-0.1, -0.05) is 19.1 Å². The Morgan fingerprint density at radius 2 is 1.86 bits per heavy atom. The molecule has 0 aliphatic heterocycles. The maximum Gasteiger partial charge on any atom is 0.251 e. The van der Waals surface area contributed by atoms with Gasteiger partial charge in [-0.25, -0.2) is 0 Å². The van der Waals surface area contributed by atoms with Gasteiger partial charge in [0.1, 0.15) is 0 Å². The molecule has 3 N–H and O–H groups in total. The van der Waals surface area contributed by atoms with Crippen molar-refractivity contribution in [1.82, 2.24) is 10.6 Å². The Bertz CT molecular complexity index is 485. The summed E-state index contributed by atoms with van der Waals surface area (Å²) in [6.07, 6.45) is 1.27. The molecule has 116 valence electrons. The van der Waals surface area contributed by atoms with Gasteiger partial charge in [0.2, 0.25) is 5.91 Å². The third kappa shape index (κ3) is 5.55. The Hall–Kier alpha value is -1.88. The van der Waals surface area contributed by atoms with E-state index < -0.39 is 5.54 Å². The fourth-order valence-electron chi connectivity index (χ4n) is 1.92. The molecule has 0 fully saturated rings. The summed E-state index contributed by atoms with van der Waals surface area (Å²) in [5.41, 5.74) is 1.11. The van der Waals surface area contributed by atoms with Crippen LogP contribution in [0.5, 0.6) is 0 Å². The van der Waals surface area contributed by atoms with Gasteiger partial charge >= 0.3 is 0 Å². The second kappa shape index (κ2) is 7.78. The van der Waals surface area contributed by atoms with Crippen molar-refractivity contribution >= 4 is 11.8 Å². The van der Waals surface area contributed by atoms with Crippen molar-refractivity contribution in [3.05, 3.63) is 35.4 Å². The van der Waals surface area contributed by atoms with Crippen LogP contribution in [0.1, 0.15) is 49.5 Å². The molecule has 5 nitrogen and oxygen atoms in total. The van der Waals surface area contributed by atoms with Crippen LogP contribution in [0.25, 0.3) is 0 Å². The molecule has 5 heteroatoms. The van der Waals surface area contributed by atoms with Crippen molar-refractivity contribution in [2.24, 2.45) is 0 Å². The number of carbonyl (C=O) groups is 2. The Morgan fingerprint density at radius 3 is 2.33 bits per heavy atom. The zero-order valence-corrected chi connectivity index (χ0v) is 12.9. The van der Waals surface area contributed by atoms with E-state index in [9.17, 15) is 9.59 Å². The minimum atomic E-state index is -0.402. The van der Waals surface area contributed by atoms with Crippen molar-refractivity contribution < 1.29 is 14.7 Å². The molecule has 0 radical (unpaired) electrons. The highest BCUT2D eigenvalue weighted by Gasteiger charge is 2.24. The van der Waals surface area contributed by atoms with E-state index in [4.69, 9.17) is 5.11 Å². The third-order valence-electron chi connectivity index (χ3n) is 3.62. The third-order valence-corrected chi connectivity index (χ3v) is 3.62. The summed E-state index contributed by atoms with van der Waals surface area (Å²) in [6, 6.07) is 7.11. The molecule has 0 aliphatic carbocycles. The summed E-state index contributed by atoms with van der Waals surface area (Å²) in [7, 11) is 0. The van der Waals surface area contributed by atoms with E-state index in [1.165, 1.54) is 6.92 Å². The van der Waals surface area contributed by atoms with Gasteiger partial charge in [-0.15, -0.1) is 0 Å². The van der Waals surface area contributed by atoms with Gasteiger partial charge in [-0.05, 0) is 37.5 Å². The first kappa shape index (κ1) is 17.2. The molecule has 1 rings (SSSR count). The molecule has 0 saturated heterocycles. The minimum absolute atomic E-state index is 0.0419. The second-order valence-electron chi connectivity index (χ2n) is 5.45. The molecular weight excluding hydrogens is 268 g/mol. The molecule has 0 bridgehead atoms. The summed E-state index contributed by atoms with van der Waals surface area (Å²) >= 11 is 0. The van der Waals surface area contributed by atoms with Crippen LogP contribution in [-0.4, -0.2) is 29.1 Å². The predicted octanol–water partition coefficient (Wildman–Crippen LogP) is 1.60. The molecule has 1 aromatic carbocycles. The van der Waals surface area contributed by atoms with E-state index in [0.29, 0.717) is 18.5 Å². The molecule has 2 amide bonds. The van der Waals surface area contributed by atoms with Gasteiger partial charge in [0.05, 0.1) is 0 Å². The van der Waals surface area contributed by atoms with Gasteiger partial charge in [0, 0.05) is 31.2 Å². The first-order valence-electron chi connectivity index (χ1n) is 7.17. The minimum Gasteiger partial charge on any atom is -0.396 e. The van der Waals surface area contributed by atoms with Gasteiger partial charge < -0.3 is 15.7 Å². The molecule has 1 unspecified atom stereocenters. The molecule has 1 aromatic rings. The molecule has 0 aliphatic rings. The maximum atomic E-state index is 12.2. The zero-order chi connectivity index (χ0) is 15.9. The number of aliphatic hydroxyl groups excluding tert-OH is 1. The maximum absolute atomic E-state index is 12.2. The van der Waals surface area contributed by atoms with Crippen LogP contribution < -0.4 is 10.6 Å². The standard InChI is InChI=1S/C16H24N2O3/c1-4-16(3,9-10-19)18-15(21)14-7-5-13(6-8-14)11-17-12(2)20/h5-8,19H,4,9-11H2,1-3H3,(H,17,20)(H,18,21). The summed E-state index contributed by atoms with van der Waals surface area (Å²) in [5, 5.41) is 14.7. The Morgan fingerprint density at radius 1 is 1.24 bits per heavy atom. The Labute approximate surface area is 125 Å². The fraction of sp³-hybridized carbons (Fsp3) is 0.500. The lowest BCUT2D eigenvalue weighted by Gasteiger charge is -2.29. The largest absolute Gasteiger partial charge is 0.396 e. The molecule has 0 saturated carbocycles. The molecule has 21 heavy (non-hydrogen) atoms. The average molecular weight is 292 g/mol. The van der Waals surface area contributed by atoms with Gasteiger partial charge in [-0.3, -0.25) is 9.59 Å².